The lowest BCUT2D eigenvalue weighted by atomic mass is 10.3. The van der Waals surface area contributed by atoms with Crippen LogP contribution in [0.3, 0.4) is 0 Å². The predicted molar refractivity (Wildman–Crippen MR) is 80.5 cm³/mol. The fourth-order valence-electron chi connectivity index (χ4n) is 2.23. The van der Waals surface area contributed by atoms with Crippen molar-refractivity contribution in [3.8, 4) is 0 Å². The van der Waals surface area contributed by atoms with Crippen LogP contribution in [0.4, 0.5) is 5.13 Å². The number of nitrogen functional groups attached to an aromatic ring is 1. The summed E-state index contributed by atoms with van der Waals surface area (Å²) in [7, 11) is 0. The highest BCUT2D eigenvalue weighted by atomic mass is 32.1. The number of aryl methyl sites for hydroxylation is 1. The molecule has 0 saturated carbocycles. The first kappa shape index (κ1) is 13.0. The van der Waals surface area contributed by atoms with E-state index in [0.29, 0.717) is 11.7 Å². The van der Waals surface area contributed by atoms with Crippen molar-refractivity contribution >= 4 is 27.5 Å². The number of rotatable bonds is 5. The first-order valence-corrected chi connectivity index (χ1v) is 7.36. The molecule has 0 bridgehead atoms. The maximum absolute atomic E-state index is 5.34. The third-order valence-corrected chi connectivity index (χ3v) is 3.93. The average molecular weight is 288 g/mol. The van der Waals surface area contributed by atoms with E-state index in [9.17, 15) is 0 Å². The highest BCUT2D eigenvalue weighted by Crippen LogP contribution is 2.21. The number of nitrogens with two attached hydrogens (primary N) is 1. The number of nitrogens with one attached hydrogen (secondary N) is 1. The van der Waals surface area contributed by atoms with Crippen molar-refractivity contribution in [2.24, 2.45) is 5.84 Å². The zero-order valence-electron chi connectivity index (χ0n) is 11.2. The van der Waals surface area contributed by atoms with Crippen molar-refractivity contribution in [1.82, 2.24) is 19.7 Å². The molecule has 0 fully saturated rings. The van der Waals surface area contributed by atoms with E-state index in [1.54, 1.807) is 0 Å². The molecule has 20 heavy (non-hydrogen) atoms. The van der Waals surface area contributed by atoms with Gasteiger partial charge in [-0.25, -0.2) is 10.8 Å². The number of hydrogen-bond acceptors (Lipinski definition) is 6. The monoisotopic (exact) mass is 288 g/mol. The molecule has 0 aliphatic rings. The van der Waals surface area contributed by atoms with E-state index >= 15 is 0 Å². The van der Waals surface area contributed by atoms with Crippen molar-refractivity contribution in [3.05, 3.63) is 35.1 Å². The third kappa shape index (κ3) is 2.37. The second-order valence-electron chi connectivity index (χ2n) is 4.50. The molecule has 3 N–H and O–H groups in total. The summed E-state index contributed by atoms with van der Waals surface area (Å²) in [6.45, 7) is 2.83. The maximum atomic E-state index is 5.34. The molecule has 7 heteroatoms. The van der Waals surface area contributed by atoms with Crippen LogP contribution in [0.15, 0.2) is 24.3 Å². The fraction of sp³-hybridized carbons (Fsp3) is 0.308. The summed E-state index contributed by atoms with van der Waals surface area (Å²) in [6, 6.07) is 8.17. The summed E-state index contributed by atoms with van der Waals surface area (Å²) in [5, 5.41) is 9.66. The molecule has 0 unspecified atom stereocenters. The topological polar surface area (TPSA) is 81.7 Å². The van der Waals surface area contributed by atoms with Crippen LogP contribution >= 0.6 is 11.3 Å². The molecule has 0 radical (unpaired) electrons. The first-order chi connectivity index (χ1) is 9.81. The quantitative estimate of drug-likeness (QED) is 0.555. The van der Waals surface area contributed by atoms with E-state index in [2.05, 4.69) is 33.2 Å². The zero-order valence-corrected chi connectivity index (χ0v) is 12.0. The van der Waals surface area contributed by atoms with Crippen LogP contribution < -0.4 is 11.3 Å². The van der Waals surface area contributed by atoms with Crippen LogP contribution in [0.2, 0.25) is 0 Å². The molecular formula is C13H16N6S. The Labute approximate surface area is 120 Å². The molecule has 1 aromatic carbocycles. The largest absolute Gasteiger partial charge is 0.321 e. The molecule has 3 rings (SSSR count). The number of hydrogen-bond donors (Lipinski definition) is 2. The Bertz CT molecular complexity index is 717. The zero-order chi connectivity index (χ0) is 13.9. The van der Waals surface area contributed by atoms with Crippen LogP contribution in [-0.2, 0) is 13.0 Å². The number of anilines is 1. The molecule has 0 saturated heterocycles. The number of imidazole rings is 1. The summed E-state index contributed by atoms with van der Waals surface area (Å²) in [6.07, 6.45) is 2.02. The van der Waals surface area contributed by atoms with E-state index in [4.69, 9.17) is 10.8 Å². The summed E-state index contributed by atoms with van der Waals surface area (Å²) in [5.41, 5.74) is 4.68. The molecule has 2 aromatic heterocycles. The van der Waals surface area contributed by atoms with Gasteiger partial charge in [-0.1, -0.05) is 30.4 Å². The lowest BCUT2D eigenvalue weighted by Gasteiger charge is -2.05. The van der Waals surface area contributed by atoms with Gasteiger partial charge in [0.1, 0.15) is 10.8 Å². The van der Waals surface area contributed by atoms with Crippen molar-refractivity contribution in [2.75, 3.05) is 5.43 Å². The van der Waals surface area contributed by atoms with Gasteiger partial charge < -0.3 is 4.57 Å². The van der Waals surface area contributed by atoms with Gasteiger partial charge >= 0.3 is 0 Å². The molecule has 6 nitrogen and oxygen atoms in total. The van der Waals surface area contributed by atoms with Gasteiger partial charge in [-0.15, -0.1) is 10.2 Å². The van der Waals surface area contributed by atoms with Gasteiger partial charge in [0, 0.05) is 6.42 Å². The summed E-state index contributed by atoms with van der Waals surface area (Å²) < 4.78 is 2.21. The van der Waals surface area contributed by atoms with Gasteiger partial charge in [0.25, 0.3) is 0 Å². The molecule has 0 aliphatic heterocycles. The minimum absolute atomic E-state index is 0.626. The molecule has 0 aliphatic carbocycles. The Kier molecular flexibility index (Phi) is 3.62. The summed E-state index contributed by atoms with van der Waals surface area (Å²) >= 11 is 1.46. The number of hydrazine groups is 1. The van der Waals surface area contributed by atoms with Gasteiger partial charge in [0.15, 0.2) is 0 Å². The molecule has 0 amide bonds. The minimum Gasteiger partial charge on any atom is -0.321 e. The Balaban J connectivity index is 2.01. The molecule has 2 heterocycles. The lowest BCUT2D eigenvalue weighted by Crippen LogP contribution is -2.05. The Morgan fingerprint density at radius 2 is 2.15 bits per heavy atom. The van der Waals surface area contributed by atoms with Crippen LogP contribution in [0.5, 0.6) is 0 Å². The van der Waals surface area contributed by atoms with Crippen LogP contribution in [0.25, 0.3) is 11.0 Å². The number of nitrogens with zero attached hydrogens (tertiary/aromatic N) is 4. The van der Waals surface area contributed by atoms with Gasteiger partial charge in [0.2, 0.25) is 5.13 Å². The van der Waals surface area contributed by atoms with Crippen LogP contribution in [-0.4, -0.2) is 19.7 Å². The van der Waals surface area contributed by atoms with Gasteiger partial charge in [-0.05, 0) is 18.6 Å². The van der Waals surface area contributed by atoms with Crippen LogP contribution in [0, 0.1) is 0 Å². The molecule has 3 aromatic rings. The van der Waals surface area contributed by atoms with E-state index in [-0.39, 0.29) is 0 Å². The summed E-state index contributed by atoms with van der Waals surface area (Å²) in [5.74, 6) is 6.43. The van der Waals surface area contributed by atoms with E-state index in [0.717, 1.165) is 34.7 Å². The van der Waals surface area contributed by atoms with E-state index in [1.807, 2.05) is 18.2 Å². The number of aromatic nitrogens is 4. The fourth-order valence-corrected chi connectivity index (χ4v) is 2.87. The Morgan fingerprint density at radius 3 is 2.90 bits per heavy atom. The molecule has 0 atom stereocenters. The SMILES string of the molecule is CCCc1nc2ccccc2n1Cc1nnc(NN)s1. The van der Waals surface area contributed by atoms with E-state index < -0.39 is 0 Å². The maximum Gasteiger partial charge on any atom is 0.219 e. The predicted octanol–water partition coefficient (Wildman–Crippen LogP) is 2.17. The van der Waals surface area contributed by atoms with Gasteiger partial charge in [0.05, 0.1) is 17.6 Å². The van der Waals surface area contributed by atoms with Crippen LogP contribution in [0.1, 0.15) is 24.2 Å². The second-order valence-corrected chi connectivity index (χ2v) is 5.56. The third-order valence-electron chi connectivity index (χ3n) is 3.09. The number of benzene rings is 1. The molecular weight excluding hydrogens is 272 g/mol. The lowest BCUT2D eigenvalue weighted by molar-refractivity contribution is 0.713. The molecule has 0 spiro atoms. The second kappa shape index (κ2) is 5.56. The first-order valence-electron chi connectivity index (χ1n) is 6.55. The highest BCUT2D eigenvalue weighted by Gasteiger charge is 2.12. The van der Waals surface area contributed by atoms with Crippen molar-refractivity contribution in [2.45, 2.75) is 26.3 Å². The van der Waals surface area contributed by atoms with E-state index in [1.165, 1.54) is 11.3 Å². The smallest absolute Gasteiger partial charge is 0.219 e. The van der Waals surface area contributed by atoms with Gasteiger partial charge in [-0.3, -0.25) is 5.43 Å². The average Bonchev–Trinajstić information content (AvgIpc) is 3.05. The normalized spacial score (nSPS) is 11.1. The number of para-hydroxylation sites is 2. The minimum atomic E-state index is 0.626. The Morgan fingerprint density at radius 1 is 1.30 bits per heavy atom. The Hall–Kier alpha value is -1.99. The highest BCUT2D eigenvalue weighted by molar-refractivity contribution is 7.15. The molecule has 104 valence electrons. The number of fused-ring (bicyclic) bond motifs is 1. The van der Waals surface area contributed by atoms with Crippen molar-refractivity contribution in [3.63, 3.8) is 0 Å². The van der Waals surface area contributed by atoms with Gasteiger partial charge in [-0.2, -0.15) is 0 Å². The van der Waals surface area contributed by atoms with Crippen molar-refractivity contribution < 1.29 is 0 Å². The standard InChI is InChI=1S/C13H16N6S/c1-2-5-11-15-9-6-3-4-7-10(9)19(11)8-12-17-18-13(16-14)20-12/h3-4,6-7H,2,5,8,14H2,1H3,(H,16,18). The van der Waals surface area contributed by atoms with Crippen molar-refractivity contribution in [1.29, 1.82) is 0 Å². The summed E-state index contributed by atoms with van der Waals surface area (Å²) in [4.78, 5) is 4.70.